The zero-order valence-electron chi connectivity index (χ0n) is 15.3. The van der Waals surface area contributed by atoms with Gasteiger partial charge in [-0.15, -0.1) is 0 Å². The van der Waals surface area contributed by atoms with Gasteiger partial charge in [-0.1, -0.05) is 32.4 Å². The van der Waals surface area contributed by atoms with Gasteiger partial charge in [0, 0.05) is 12.0 Å². The number of hydrogen-bond donors (Lipinski definition) is 4. The van der Waals surface area contributed by atoms with Gasteiger partial charge >= 0.3 is 0 Å². The van der Waals surface area contributed by atoms with Gasteiger partial charge in [0.2, 0.25) is 0 Å². The second kappa shape index (κ2) is 6.08. The van der Waals surface area contributed by atoms with E-state index in [1.165, 1.54) is 5.57 Å². The summed E-state index contributed by atoms with van der Waals surface area (Å²) < 4.78 is 0. The maximum absolute atomic E-state index is 10.4. The molecule has 7 atom stereocenters. The number of aliphatic hydroxyl groups excluding tert-OH is 4. The van der Waals surface area contributed by atoms with E-state index < -0.39 is 6.10 Å². The molecule has 4 heteroatoms. The number of allylic oxidation sites excluding steroid dienone is 1. The third-order valence-corrected chi connectivity index (χ3v) is 7.87. The average Bonchev–Trinajstić information content (AvgIpc) is 2.55. The quantitative estimate of drug-likeness (QED) is 0.595. The summed E-state index contributed by atoms with van der Waals surface area (Å²) in [6.45, 7) is 6.43. The smallest absolute Gasteiger partial charge is 0.0858 e. The fourth-order valence-electron chi connectivity index (χ4n) is 6.04. The van der Waals surface area contributed by atoms with E-state index in [1.54, 1.807) is 0 Å². The lowest BCUT2D eigenvalue weighted by Crippen LogP contribution is -2.54. The Bertz CT molecular complexity index is 518. The molecule has 3 aliphatic rings. The molecule has 0 saturated heterocycles. The molecular weight excluding hydrogens is 304 g/mol. The van der Waals surface area contributed by atoms with Crippen LogP contribution in [0.3, 0.4) is 0 Å². The van der Waals surface area contributed by atoms with Crippen molar-refractivity contribution in [3.05, 3.63) is 11.6 Å². The molecule has 0 bridgehead atoms. The molecule has 4 N–H and O–H groups in total. The molecular formula is C20H34O4. The summed E-state index contributed by atoms with van der Waals surface area (Å²) in [5.41, 5.74) is 0.876. The lowest BCUT2D eigenvalue weighted by atomic mass is 9.46. The minimum absolute atomic E-state index is 0.0371. The fraction of sp³-hybridized carbons (Fsp3) is 0.900. The van der Waals surface area contributed by atoms with Crippen LogP contribution in [-0.4, -0.2) is 45.8 Å². The zero-order valence-corrected chi connectivity index (χ0v) is 15.3. The third-order valence-electron chi connectivity index (χ3n) is 7.87. The molecule has 0 heterocycles. The zero-order chi connectivity index (χ0) is 17.8. The first-order chi connectivity index (χ1) is 11.2. The van der Waals surface area contributed by atoms with Crippen LogP contribution in [0.1, 0.15) is 59.3 Å². The Morgan fingerprint density at radius 2 is 1.88 bits per heavy atom. The molecule has 0 radical (unpaired) electrons. The van der Waals surface area contributed by atoms with E-state index in [1.807, 2.05) is 6.92 Å². The summed E-state index contributed by atoms with van der Waals surface area (Å²) >= 11 is 0. The predicted molar refractivity (Wildman–Crippen MR) is 93.3 cm³/mol. The lowest BCUT2D eigenvalue weighted by molar-refractivity contribution is -0.108. The molecule has 3 rings (SSSR count). The van der Waals surface area contributed by atoms with Gasteiger partial charge in [-0.05, 0) is 61.2 Å². The summed E-state index contributed by atoms with van der Waals surface area (Å²) in [5, 5.41) is 40.1. The van der Waals surface area contributed by atoms with E-state index in [2.05, 4.69) is 19.9 Å². The van der Waals surface area contributed by atoms with Gasteiger partial charge in [0.25, 0.3) is 0 Å². The van der Waals surface area contributed by atoms with Gasteiger partial charge in [0.05, 0.1) is 18.8 Å². The van der Waals surface area contributed by atoms with Crippen LogP contribution in [0.2, 0.25) is 0 Å². The van der Waals surface area contributed by atoms with Crippen molar-refractivity contribution >= 4 is 0 Å². The van der Waals surface area contributed by atoms with E-state index in [0.717, 1.165) is 32.1 Å². The Labute approximate surface area is 145 Å². The van der Waals surface area contributed by atoms with E-state index in [-0.39, 0.29) is 35.6 Å². The van der Waals surface area contributed by atoms with Gasteiger partial charge < -0.3 is 20.4 Å². The van der Waals surface area contributed by atoms with Crippen LogP contribution in [0.5, 0.6) is 0 Å². The van der Waals surface area contributed by atoms with E-state index in [4.69, 9.17) is 0 Å². The monoisotopic (exact) mass is 338 g/mol. The minimum atomic E-state index is -0.716. The van der Waals surface area contributed by atoms with Gasteiger partial charge in [-0.25, -0.2) is 0 Å². The van der Waals surface area contributed by atoms with E-state index >= 15 is 0 Å². The molecule has 24 heavy (non-hydrogen) atoms. The number of aliphatic hydroxyl groups is 4. The Hall–Kier alpha value is -0.420. The van der Waals surface area contributed by atoms with Crippen molar-refractivity contribution in [2.24, 2.45) is 28.1 Å². The van der Waals surface area contributed by atoms with Crippen molar-refractivity contribution < 1.29 is 20.4 Å². The van der Waals surface area contributed by atoms with Crippen LogP contribution in [0.15, 0.2) is 11.6 Å². The summed E-state index contributed by atoms with van der Waals surface area (Å²) in [6, 6.07) is 0. The van der Waals surface area contributed by atoms with Crippen molar-refractivity contribution in [2.45, 2.75) is 71.5 Å². The molecule has 0 unspecified atom stereocenters. The maximum Gasteiger partial charge on any atom is 0.0858 e. The molecule has 0 spiro atoms. The van der Waals surface area contributed by atoms with E-state index in [0.29, 0.717) is 18.3 Å². The first-order valence-corrected chi connectivity index (χ1v) is 9.48. The molecule has 0 aliphatic heterocycles. The van der Waals surface area contributed by atoms with Gasteiger partial charge in [-0.3, -0.25) is 0 Å². The maximum atomic E-state index is 10.4. The first kappa shape index (κ1) is 18.4. The Kier molecular flexibility index (Phi) is 4.66. The molecule has 0 aromatic carbocycles. The summed E-state index contributed by atoms with van der Waals surface area (Å²) in [4.78, 5) is 0. The van der Waals surface area contributed by atoms with Gasteiger partial charge in [-0.2, -0.15) is 0 Å². The molecule has 0 aromatic heterocycles. The number of hydrogen-bond acceptors (Lipinski definition) is 4. The molecule has 4 nitrogen and oxygen atoms in total. The highest BCUT2D eigenvalue weighted by Gasteiger charge is 2.56. The van der Waals surface area contributed by atoms with Crippen LogP contribution >= 0.6 is 0 Å². The Morgan fingerprint density at radius 3 is 2.50 bits per heavy atom. The molecule has 138 valence electrons. The second-order valence-corrected chi connectivity index (χ2v) is 9.45. The van der Waals surface area contributed by atoms with Crippen LogP contribution in [0.25, 0.3) is 0 Å². The summed E-state index contributed by atoms with van der Waals surface area (Å²) in [6.07, 6.45) is 6.55. The van der Waals surface area contributed by atoms with Crippen LogP contribution in [0, 0.1) is 28.1 Å². The van der Waals surface area contributed by atoms with Crippen molar-refractivity contribution in [3.63, 3.8) is 0 Å². The molecule has 2 saturated carbocycles. The van der Waals surface area contributed by atoms with E-state index in [9.17, 15) is 20.4 Å². The highest BCUT2D eigenvalue weighted by atomic mass is 16.3. The summed E-state index contributed by atoms with van der Waals surface area (Å²) in [5.74, 6) is 0.828. The SMILES string of the molecule is C[C@@]1(CO)C[C@@H](O)C[C@@H]2[C@@H]1CCC1=C[C@@](C)([C@@H](O)CO)CC[C@@]12C. The molecule has 2 fully saturated rings. The van der Waals surface area contributed by atoms with Crippen molar-refractivity contribution in [1.82, 2.24) is 0 Å². The third kappa shape index (κ3) is 2.66. The lowest BCUT2D eigenvalue weighted by Gasteiger charge is -2.59. The largest absolute Gasteiger partial charge is 0.396 e. The molecule has 3 aliphatic carbocycles. The first-order valence-electron chi connectivity index (χ1n) is 9.48. The number of rotatable bonds is 3. The van der Waals surface area contributed by atoms with Crippen LogP contribution in [-0.2, 0) is 0 Å². The highest BCUT2D eigenvalue weighted by Crippen LogP contribution is 2.63. The normalized spacial score (nSPS) is 49.8. The van der Waals surface area contributed by atoms with Crippen molar-refractivity contribution in [2.75, 3.05) is 13.2 Å². The van der Waals surface area contributed by atoms with Gasteiger partial charge in [0.1, 0.15) is 0 Å². The van der Waals surface area contributed by atoms with Crippen LogP contribution < -0.4 is 0 Å². The van der Waals surface area contributed by atoms with Crippen molar-refractivity contribution in [1.29, 1.82) is 0 Å². The van der Waals surface area contributed by atoms with Crippen LogP contribution in [0.4, 0.5) is 0 Å². The Morgan fingerprint density at radius 1 is 1.17 bits per heavy atom. The van der Waals surface area contributed by atoms with Gasteiger partial charge in [0.15, 0.2) is 0 Å². The molecule has 0 amide bonds. The minimum Gasteiger partial charge on any atom is -0.396 e. The average molecular weight is 338 g/mol. The second-order valence-electron chi connectivity index (χ2n) is 9.45. The Balaban J connectivity index is 1.96. The fourth-order valence-corrected chi connectivity index (χ4v) is 6.04. The standard InChI is InChI=1S/C20H34O4/c1-18(17(24)11-21)6-7-20(3)13(9-18)4-5-15-16(20)8-14(23)10-19(15,2)12-22/h9,14-17,21-24H,4-8,10-12H2,1-3H3/t14-,15-,16+,17-,18-,19-,20-/m0/s1. The number of fused-ring (bicyclic) bond motifs is 3. The topological polar surface area (TPSA) is 80.9 Å². The highest BCUT2D eigenvalue weighted by molar-refractivity contribution is 5.27. The summed E-state index contributed by atoms with van der Waals surface area (Å²) in [7, 11) is 0. The predicted octanol–water partition coefficient (Wildman–Crippen LogP) is 2.25. The molecule has 0 aromatic rings. The van der Waals surface area contributed by atoms with Crippen molar-refractivity contribution in [3.8, 4) is 0 Å².